The molecule has 4 saturated carbocycles. The summed E-state index contributed by atoms with van der Waals surface area (Å²) >= 11 is 0. The van der Waals surface area contributed by atoms with Crippen LogP contribution in [0.5, 0.6) is 11.5 Å². The number of carbonyl (C=O) groups is 1. The first-order valence-electron chi connectivity index (χ1n) is 10.4. The minimum atomic E-state index is -0.265. The Kier molecular flexibility index (Phi) is 4.26. The van der Waals surface area contributed by atoms with Gasteiger partial charge in [0.25, 0.3) is 0 Å². The van der Waals surface area contributed by atoms with E-state index in [4.69, 9.17) is 9.47 Å². The van der Waals surface area contributed by atoms with Crippen molar-refractivity contribution < 1.29 is 14.3 Å². The number of para-hydroxylation sites is 2. The summed E-state index contributed by atoms with van der Waals surface area (Å²) in [4.78, 5) is 13.4. The quantitative estimate of drug-likeness (QED) is 0.366. The van der Waals surface area contributed by atoms with Gasteiger partial charge < -0.3 is 9.47 Å². The highest BCUT2D eigenvalue weighted by atomic mass is 16.5. The van der Waals surface area contributed by atoms with E-state index >= 15 is 0 Å². The second kappa shape index (κ2) is 6.80. The third-order valence-corrected chi connectivity index (χ3v) is 6.95. The van der Waals surface area contributed by atoms with Crippen LogP contribution >= 0.6 is 0 Å². The molecule has 3 heteroatoms. The molecule has 144 valence electrons. The molecule has 28 heavy (non-hydrogen) atoms. The first-order valence-corrected chi connectivity index (χ1v) is 10.4. The number of benzene rings is 2. The van der Waals surface area contributed by atoms with E-state index in [-0.39, 0.29) is 11.4 Å². The minimum Gasteiger partial charge on any atom is -0.465 e. The summed E-state index contributed by atoms with van der Waals surface area (Å²) in [5, 5.41) is 0. The van der Waals surface area contributed by atoms with Crippen LogP contribution in [0.1, 0.15) is 38.5 Å². The zero-order chi connectivity index (χ0) is 19.1. The maximum atomic E-state index is 13.4. The Hall–Kier alpha value is -2.55. The molecule has 4 aliphatic carbocycles. The largest absolute Gasteiger partial charge is 0.465 e. The second-order valence-corrected chi connectivity index (χ2v) is 8.86. The number of hydrogen-bond donors (Lipinski definition) is 0. The first-order chi connectivity index (χ1) is 13.7. The molecule has 0 N–H and O–H groups in total. The summed E-state index contributed by atoms with van der Waals surface area (Å²) in [6.07, 6.45) is 8.39. The van der Waals surface area contributed by atoms with Crippen LogP contribution < -0.4 is 9.47 Å². The van der Waals surface area contributed by atoms with Gasteiger partial charge in [-0.05, 0) is 68.4 Å². The van der Waals surface area contributed by atoms with Gasteiger partial charge >= 0.3 is 5.97 Å². The molecule has 0 radical (unpaired) electrons. The van der Waals surface area contributed by atoms with Crippen LogP contribution in [0.3, 0.4) is 0 Å². The Labute approximate surface area is 166 Å². The molecule has 2 aromatic rings. The van der Waals surface area contributed by atoms with Crippen LogP contribution in [0, 0.1) is 23.2 Å². The molecule has 0 heterocycles. The summed E-state index contributed by atoms with van der Waals surface area (Å²) in [6, 6.07) is 15.5. The molecular formula is C25H26O3. The van der Waals surface area contributed by atoms with Gasteiger partial charge in [0.1, 0.15) is 11.5 Å². The summed E-state index contributed by atoms with van der Waals surface area (Å²) in [6.45, 7) is 3.66. The lowest BCUT2D eigenvalue weighted by molar-refractivity contribution is -0.161. The Bertz CT molecular complexity index is 878. The van der Waals surface area contributed by atoms with Crippen molar-refractivity contribution in [2.75, 3.05) is 0 Å². The van der Waals surface area contributed by atoms with Gasteiger partial charge in [0, 0.05) is 11.1 Å². The molecule has 0 amide bonds. The van der Waals surface area contributed by atoms with Crippen LogP contribution in [-0.2, 0) is 4.79 Å². The standard InChI is InChI=1S/C25H26O3/c1-2-27-22-9-5-3-7-20(22)21-8-4-6-10-23(21)28-24(26)25-14-17-11-18(15-25)13-19(12-17)16-25/h2-10,17-19H,1,11-16H2. The van der Waals surface area contributed by atoms with E-state index in [2.05, 4.69) is 6.58 Å². The fourth-order valence-electron chi connectivity index (χ4n) is 6.23. The second-order valence-electron chi connectivity index (χ2n) is 8.86. The zero-order valence-electron chi connectivity index (χ0n) is 16.1. The average Bonchev–Trinajstić information content (AvgIpc) is 2.68. The van der Waals surface area contributed by atoms with Crippen molar-refractivity contribution in [3.8, 4) is 22.6 Å². The molecular weight excluding hydrogens is 348 g/mol. The smallest absolute Gasteiger partial charge is 0.317 e. The Morgan fingerprint density at radius 1 is 0.857 bits per heavy atom. The number of hydrogen-bond acceptors (Lipinski definition) is 3. The van der Waals surface area contributed by atoms with Gasteiger partial charge in [-0.3, -0.25) is 4.79 Å². The lowest BCUT2D eigenvalue weighted by atomic mass is 9.49. The highest BCUT2D eigenvalue weighted by Gasteiger charge is 2.55. The highest BCUT2D eigenvalue weighted by molar-refractivity contribution is 5.84. The van der Waals surface area contributed by atoms with Gasteiger partial charge in [-0.2, -0.15) is 0 Å². The van der Waals surface area contributed by atoms with Gasteiger partial charge in [0.2, 0.25) is 0 Å². The average molecular weight is 374 g/mol. The van der Waals surface area contributed by atoms with E-state index in [1.165, 1.54) is 25.5 Å². The van der Waals surface area contributed by atoms with Gasteiger partial charge in [-0.1, -0.05) is 43.0 Å². The Morgan fingerprint density at radius 2 is 1.36 bits per heavy atom. The molecule has 4 fully saturated rings. The normalized spacial score (nSPS) is 30.1. The molecule has 0 aromatic heterocycles. The Balaban J connectivity index is 1.46. The fraction of sp³-hybridized carbons (Fsp3) is 0.400. The number of esters is 1. The van der Waals surface area contributed by atoms with E-state index < -0.39 is 0 Å². The third kappa shape index (κ3) is 2.94. The van der Waals surface area contributed by atoms with Gasteiger partial charge in [-0.25, -0.2) is 0 Å². The van der Waals surface area contributed by atoms with Crippen molar-refractivity contribution in [3.05, 3.63) is 61.4 Å². The van der Waals surface area contributed by atoms with Crippen molar-refractivity contribution in [3.63, 3.8) is 0 Å². The molecule has 2 aromatic carbocycles. The minimum absolute atomic E-state index is 0.0267. The zero-order valence-corrected chi connectivity index (χ0v) is 16.1. The van der Waals surface area contributed by atoms with E-state index in [1.54, 1.807) is 0 Å². The number of carbonyl (C=O) groups excluding carboxylic acids is 1. The van der Waals surface area contributed by atoms with Crippen molar-refractivity contribution in [2.45, 2.75) is 38.5 Å². The SMILES string of the molecule is C=COc1ccccc1-c1ccccc1OC(=O)C12CC3CC(CC(C3)C1)C2. The topological polar surface area (TPSA) is 35.5 Å². The molecule has 0 aliphatic heterocycles. The van der Waals surface area contributed by atoms with E-state index in [1.807, 2.05) is 48.5 Å². The van der Waals surface area contributed by atoms with Crippen LogP contribution in [0.2, 0.25) is 0 Å². The first kappa shape index (κ1) is 17.5. The lowest BCUT2D eigenvalue weighted by Crippen LogP contribution is -2.51. The molecule has 0 spiro atoms. The van der Waals surface area contributed by atoms with Gasteiger partial charge in [-0.15, -0.1) is 0 Å². The fourth-order valence-corrected chi connectivity index (χ4v) is 6.23. The predicted molar refractivity (Wildman–Crippen MR) is 109 cm³/mol. The van der Waals surface area contributed by atoms with Crippen LogP contribution in [0.4, 0.5) is 0 Å². The number of rotatable bonds is 5. The summed E-state index contributed by atoms with van der Waals surface area (Å²) in [7, 11) is 0. The monoisotopic (exact) mass is 374 g/mol. The van der Waals surface area contributed by atoms with Gasteiger partial charge in [0.15, 0.2) is 0 Å². The molecule has 6 rings (SSSR count). The van der Waals surface area contributed by atoms with Crippen LogP contribution in [0.15, 0.2) is 61.4 Å². The van der Waals surface area contributed by atoms with Crippen molar-refractivity contribution in [1.29, 1.82) is 0 Å². The highest BCUT2D eigenvalue weighted by Crippen LogP contribution is 2.60. The maximum Gasteiger partial charge on any atom is 0.317 e. The number of ether oxygens (including phenoxy) is 2. The van der Waals surface area contributed by atoms with Crippen molar-refractivity contribution in [1.82, 2.24) is 0 Å². The molecule has 4 aliphatic rings. The molecule has 0 saturated heterocycles. The van der Waals surface area contributed by atoms with E-state index in [9.17, 15) is 4.79 Å². The Morgan fingerprint density at radius 3 is 1.93 bits per heavy atom. The summed E-state index contributed by atoms with van der Waals surface area (Å²) < 4.78 is 11.7. The van der Waals surface area contributed by atoms with E-state index in [0.717, 1.165) is 48.1 Å². The third-order valence-electron chi connectivity index (χ3n) is 6.95. The summed E-state index contributed by atoms with van der Waals surface area (Å²) in [5.41, 5.74) is 1.51. The molecule has 0 unspecified atom stereocenters. The lowest BCUT2D eigenvalue weighted by Gasteiger charge is -2.55. The van der Waals surface area contributed by atoms with Crippen molar-refractivity contribution in [2.24, 2.45) is 23.2 Å². The van der Waals surface area contributed by atoms with Gasteiger partial charge in [0.05, 0.1) is 11.7 Å². The molecule has 4 bridgehead atoms. The van der Waals surface area contributed by atoms with E-state index in [0.29, 0.717) is 11.5 Å². The van der Waals surface area contributed by atoms with Crippen LogP contribution in [-0.4, -0.2) is 5.97 Å². The van der Waals surface area contributed by atoms with Crippen LogP contribution in [0.25, 0.3) is 11.1 Å². The summed E-state index contributed by atoms with van der Waals surface area (Å²) in [5.74, 6) is 3.45. The van der Waals surface area contributed by atoms with Crippen molar-refractivity contribution >= 4 is 5.97 Å². The maximum absolute atomic E-state index is 13.4. The predicted octanol–water partition coefficient (Wildman–Crippen LogP) is 6.00. The molecule has 0 atom stereocenters. The molecule has 3 nitrogen and oxygen atoms in total.